The molecule has 0 saturated heterocycles. The van der Waals surface area contributed by atoms with E-state index in [1.54, 1.807) is 30.3 Å². The van der Waals surface area contributed by atoms with Crippen molar-refractivity contribution < 1.29 is 14.1 Å². The molecule has 2 aromatic heterocycles. The molecule has 0 spiro atoms. The molecule has 1 fully saturated rings. The van der Waals surface area contributed by atoms with Crippen molar-refractivity contribution in [2.75, 3.05) is 20.7 Å². The average Bonchev–Trinajstić information content (AvgIpc) is 3.33. The van der Waals surface area contributed by atoms with Crippen LogP contribution in [-0.4, -0.2) is 46.2 Å². The van der Waals surface area contributed by atoms with Gasteiger partial charge < -0.3 is 18.7 Å². The maximum atomic E-state index is 12.3. The van der Waals surface area contributed by atoms with Crippen LogP contribution in [0.5, 0.6) is 5.75 Å². The molecule has 8 nitrogen and oxygen atoms in total. The van der Waals surface area contributed by atoms with Gasteiger partial charge in [-0.25, -0.2) is 0 Å². The highest BCUT2D eigenvalue weighted by Crippen LogP contribution is 2.38. The van der Waals surface area contributed by atoms with Crippen LogP contribution < -0.4 is 10.3 Å². The summed E-state index contributed by atoms with van der Waals surface area (Å²) in [5.74, 6) is 1.77. The largest absolute Gasteiger partial charge is 0.491 e. The fourth-order valence-corrected chi connectivity index (χ4v) is 2.32. The molecule has 2 aromatic rings. The highest BCUT2D eigenvalue weighted by molar-refractivity contribution is 5.75. The van der Waals surface area contributed by atoms with Crippen LogP contribution in [0, 0.1) is 0 Å². The summed E-state index contributed by atoms with van der Waals surface area (Å²) in [4.78, 5) is 30.2. The predicted octanol–water partition coefficient (Wildman–Crippen LogP) is 0.818. The van der Waals surface area contributed by atoms with Crippen molar-refractivity contribution in [2.24, 2.45) is 0 Å². The molecule has 1 saturated carbocycles. The molecule has 2 heterocycles. The van der Waals surface area contributed by atoms with Gasteiger partial charge in [-0.3, -0.25) is 9.59 Å². The lowest BCUT2D eigenvalue weighted by Gasteiger charge is -2.17. The van der Waals surface area contributed by atoms with Crippen molar-refractivity contribution in [1.29, 1.82) is 0 Å². The van der Waals surface area contributed by atoms with Crippen LogP contribution in [0.4, 0.5) is 0 Å². The summed E-state index contributed by atoms with van der Waals surface area (Å²) in [5, 5.41) is 3.93. The number of amides is 1. The number of methoxy groups -OCH3 is 1. The van der Waals surface area contributed by atoms with E-state index in [0.717, 1.165) is 12.8 Å². The van der Waals surface area contributed by atoms with Crippen LogP contribution in [-0.2, 0) is 17.8 Å². The molecule has 1 aliphatic carbocycles. The first kappa shape index (κ1) is 16.2. The lowest BCUT2D eigenvalue weighted by Crippen LogP contribution is -2.35. The van der Waals surface area contributed by atoms with E-state index in [0.29, 0.717) is 30.6 Å². The monoisotopic (exact) mass is 332 g/mol. The molecule has 8 heteroatoms. The van der Waals surface area contributed by atoms with Gasteiger partial charge in [0.15, 0.2) is 11.6 Å². The number of nitrogens with zero attached hydrogens (tertiary/aromatic N) is 4. The number of carbonyl (C=O) groups excluding carboxylic acids is 1. The minimum absolute atomic E-state index is 0.0356. The first-order valence-corrected chi connectivity index (χ1v) is 7.88. The number of rotatable bonds is 7. The van der Waals surface area contributed by atoms with Gasteiger partial charge in [-0.1, -0.05) is 5.16 Å². The third kappa shape index (κ3) is 3.64. The summed E-state index contributed by atoms with van der Waals surface area (Å²) in [6.07, 6.45) is 4.30. The smallest absolute Gasteiger partial charge is 0.293 e. The van der Waals surface area contributed by atoms with Crippen molar-refractivity contribution in [1.82, 2.24) is 19.6 Å². The number of ether oxygens (including phenoxy) is 1. The third-order valence-corrected chi connectivity index (χ3v) is 4.02. The lowest BCUT2D eigenvalue weighted by atomic mass is 10.3. The summed E-state index contributed by atoms with van der Waals surface area (Å²) in [5.41, 5.74) is -0.325. The maximum Gasteiger partial charge on any atom is 0.293 e. The number of hydrogen-bond donors (Lipinski definition) is 0. The molecule has 0 aliphatic heterocycles. The zero-order valence-electron chi connectivity index (χ0n) is 13.8. The van der Waals surface area contributed by atoms with E-state index < -0.39 is 0 Å². The summed E-state index contributed by atoms with van der Waals surface area (Å²) in [7, 11) is 3.12. The number of aromatic nitrogens is 3. The summed E-state index contributed by atoms with van der Waals surface area (Å²) in [6, 6.07) is 3.24. The summed E-state index contributed by atoms with van der Waals surface area (Å²) in [6.45, 7) is 0.424. The van der Waals surface area contributed by atoms with E-state index in [1.807, 2.05) is 0 Å². The van der Waals surface area contributed by atoms with Gasteiger partial charge >= 0.3 is 0 Å². The minimum Gasteiger partial charge on any atom is -0.491 e. The van der Waals surface area contributed by atoms with E-state index >= 15 is 0 Å². The molecule has 0 aromatic carbocycles. The highest BCUT2D eigenvalue weighted by atomic mass is 16.5. The minimum atomic E-state index is -0.325. The van der Waals surface area contributed by atoms with Gasteiger partial charge in [-0.05, 0) is 25.0 Å². The Morgan fingerprint density at radius 2 is 2.29 bits per heavy atom. The predicted molar refractivity (Wildman–Crippen MR) is 84.9 cm³/mol. The molecule has 0 atom stereocenters. The highest BCUT2D eigenvalue weighted by Gasteiger charge is 2.29. The molecule has 0 unspecified atom stereocenters. The Balaban J connectivity index is 1.55. The van der Waals surface area contributed by atoms with Crippen LogP contribution in [0.2, 0.25) is 0 Å². The molecule has 0 N–H and O–H groups in total. The van der Waals surface area contributed by atoms with Gasteiger partial charge in [0.2, 0.25) is 11.8 Å². The average molecular weight is 332 g/mol. The van der Waals surface area contributed by atoms with Crippen LogP contribution in [0.1, 0.15) is 30.5 Å². The van der Waals surface area contributed by atoms with Gasteiger partial charge in [-0.15, -0.1) is 0 Å². The fourth-order valence-electron chi connectivity index (χ4n) is 2.32. The van der Waals surface area contributed by atoms with E-state index in [9.17, 15) is 9.59 Å². The van der Waals surface area contributed by atoms with Crippen molar-refractivity contribution in [3.8, 4) is 5.75 Å². The van der Waals surface area contributed by atoms with Gasteiger partial charge in [0.25, 0.3) is 5.56 Å². The van der Waals surface area contributed by atoms with Crippen LogP contribution in [0.15, 0.2) is 27.6 Å². The number of hydrogen-bond acceptors (Lipinski definition) is 6. The first-order valence-electron chi connectivity index (χ1n) is 7.88. The summed E-state index contributed by atoms with van der Waals surface area (Å²) >= 11 is 0. The molecule has 24 heavy (non-hydrogen) atoms. The van der Waals surface area contributed by atoms with Crippen LogP contribution in [0.3, 0.4) is 0 Å². The molecule has 1 amide bonds. The Morgan fingerprint density at radius 1 is 1.50 bits per heavy atom. The maximum absolute atomic E-state index is 12.3. The number of carbonyl (C=O) groups is 1. The normalized spacial score (nSPS) is 13.8. The van der Waals surface area contributed by atoms with Gasteiger partial charge in [0, 0.05) is 32.1 Å². The Morgan fingerprint density at radius 3 is 3.00 bits per heavy atom. The summed E-state index contributed by atoms with van der Waals surface area (Å²) < 4.78 is 11.5. The van der Waals surface area contributed by atoms with Crippen molar-refractivity contribution in [3.63, 3.8) is 0 Å². The topological polar surface area (TPSA) is 90.5 Å². The van der Waals surface area contributed by atoms with E-state index in [1.165, 1.54) is 11.7 Å². The molecule has 3 rings (SSSR count). The first-order chi connectivity index (χ1) is 11.6. The van der Waals surface area contributed by atoms with E-state index in [-0.39, 0.29) is 23.8 Å². The second-order valence-electron chi connectivity index (χ2n) is 5.90. The SMILES string of the molecule is COc1cccn(CC(=O)N(C)CCc2noc(C3CC3)n2)c1=O. The van der Waals surface area contributed by atoms with Gasteiger partial charge in [-0.2, -0.15) is 4.98 Å². The van der Waals surface area contributed by atoms with Crippen molar-refractivity contribution >= 4 is 5.91 Å². The number of likely N-dealkylation sites (N-methyl/N-ethyl adjacent to an activating group) is 1. The van der Waals surface area contributed by atoms with E-state index in [4.69, 9.17) is 9.26 Å². The van der Waals surface area contributed by atoms with Gasteiger partial charge in [0.1, 0.15) is 6.54 Å². The second-order valence-corrected chi connectivity index (χ2v) is 5.90. The molecular weight excluding hydrogens is 312 g/mol. The van der Waals surface area contributed by atoms with Crippen LogP contribution in [0.25, 0.3) is 0 Å². The standard InChI is InChI=1S/C16H20N4O4/c1-19(9-7-13-17-15(24-18-13)11-5-6-11)14(21)10-20-8-3-4-12(23-2)16(20)22/h3-4,8,11H,5-7,9-10H2,1-2H3. The molecule has 0 radical (unpaired) electrons. The molecule has 1 aliphatic rings. The van der Waals surface area contributed by atoms with Crippen molar-refractivity contribution in [3.05, 3.63) is 40.4 Å². The third-order valence-electron chi connectivity index (χ3n) is 4.02. The van der Waals surface area contributed by atoms with Crippen LogP contribution >= 0.6 is 0 Å². The zero-order chi connectivity index (χ0) is 17.1. The van der Waals surface area contributed by atoms with Gasteiger partial charge in [0.05, 0.1) is 7.11 Å². The lowest BCUT2D eigenvalue weighted by molar-refractivity contribution is -0.130. The van der Waals surface area contributed by atoms with E-state index in [2.05, 4.69) is 10.1 Å². The second kappa shape index (κ2) is 6.86. The molecule has 0 bridgehead atoms. The Hall–Kier alpha value is -2.64. The Kier molecular flexibility index (Phi) is 4.64. The zero-order valence-corrected chi connectivity index (χ0v) is 13.8. The molecular formula is C16H20N4O4. The Labute approximate surface area is 139 Å². The quantitative estimate of drug-likeness (QED) is 0.745. The fraction of sp³-hybridized carbons (Fsp3) is 0.500. The number of pyridine rings is 1. The molecule has 128 valence electrons. The van der Waals surface area contributed by atoms with Crippen molar-refractivity contribution in [2.45, 2.75) is 31.7 Å². The Bertz CT molecular complexity index is 778.